The van der Waals surface area contributed by atoms with Gasteiger partial charge in [0.25, 0.3) is 0 Å². The molecule has 1 aliphatic rings. The number of carbonyl (C=O) groups is 2. The number of benzene rings is 1. The van der Waals surface area contributed by atoms with Gasteiger partial charge in [0, 0.05) is 42.4 Å². The predicted molar refractivity (Wildman–Crippen MR) is 130 cm³/mol. The number of amides is 2. The molecule has 170 valence electrons. The first-order chi connectivity index (χ1) is 16.0. The molecule has 0 bridgehead atoms. The topological polar surface area (TPSA) is 112 Å². The second kappa shape index (κ2) is 10.4. The third kappa shape index (κ3) is 6.04. The second-order valence-corrected chi connectivity index (χ2v) is 8.67. The highest BCUT2D eigenvalue weighted by atomic mass is 79.9. The van der Waals surface area contributed by atoms with Gasteiger partial charge in [-0.3, -0.25) is 9.59 Å². The smallest absolute Gasteiger partial charge is 0.227 e. The van der Waals surface area contributed by atoms with E-state index in [-0.39, 0.29) is 24.2 Å². The molecule has 3 aromatic rings. The lowest BCUT2D eigenvalue weighted by Gasteiger charge is -2.17. The fourth-order valence-electron chi connectivity index (χ4n) is 3.53. The van der Waals surface area contributed by atoms with Gasteiger partial charge in [-0.25, -0.2) is 4.98 Å². The van der Waals surface area contributed by atoms with Gasteiger partial charge in [-0.15, -0.1) is 10.2 Å². The van der Waals surface area contributed by atoms with Gasteiger partial charge in [0.15, 0.2) is 5.82 Å². The van der Waals surface area contributed by atoms with Crippen LogP contribution >= 0.6 is 15.9 Å². The molecule has 1 aromatic carbocycles. The Morgan fingerprint density at radius 3 is 2.67 bits per heavy atom. The van der Waals surface area contributed by atoms with E-state index in [1.54, 1.807) is 23.2 Å². The zero-order chi connectivity index (χ0) is 23.2. The van der Waals surface area contributed by atoms with Crippen molar-refractivity contribution in [2.24, 2.45) is 5.92 Å². The number of halogens is 1. The van der Waals surface area contributed by atoms with E-state index in [2.05, 4.69) is 47.1 Å². The van der Waals surface area contributed by atoms with Crippen LogP contribution < -0.4 is 20.9 Å². The largest absolute Gasteiger partial charge is 0.367 e. The lowest BCUT2D eigenvalue weighted by atomic mass is 10.1. The standard InChI is InChI=1S/C23H24BrN7O2/c1-15-7-8-25-21(11-15)28-20-6-5-19(29-30-20)26-9-10-27-23(33)16-12-22(32)31(14-16)18-4-2-3-17(24)13-18/h2-8,11,13,16H,9-10,12,14H2,1H3,(H,26,29)(H,27,33)(H,25,28,30)/t16-/m0/s1. The summed E-state index contributed by atoms with van der Waals surface area (Å²) in [4.78, 5) is 30.8. The molecule has 0 radical (unpaired) electrons. The van der Waals surface area contributed by atoms with Crippen LogP contribution in [0.2, 0.25) is 0 Å². The third-order valence-corrected chi connectivity index (χ3v) is 5.68. The zero-order valence-corrected chi connectivity index (χ0v) is 19.7. The number of rotatable bonds is 8. The minimum absolute atomic E-state index is 0.0452. The minimum atomic E-state index is -0.364. The summed E-state index contributed by atoms with van der Waals surface area (Å²) in [5.74, 6) is 1.36. The Morgan fingerprint density at radius 1 is 1.09 bits per heavy atom. The van der Waals surface area contributed by atoms with Crippen LogP contribution in [-0.2, 0) is 9.59 Å². The number of anilines is 4. The fourth-order valence-corrected chi connectivity index (χ4v) is 3.91. The Labute approximate surface area is 200 Å². The summed E-state index contributed by atoms with van der Waals surface area (Å²) in [5, 5.41) is 17.4. The minimum Gasteiger partial charge on any atom is -0.367 e. The van der Waals surface area contributed by atoms with Crippen molar-refractivity contribution >= 4 is 50.9 Å². The Kier molecular flexibility index (Phi) is 7.13. The van der Waals surface area contributed by atoms with Crippen LogP contribution in [0.5, 0.6) is 0 Å². The normalized spacial score (nSPS) is 15.4. The lowest BCUT2D eigenvalue weighted by Crippen LogP contribution is -2.35. The van der Waals surface area contributed by atoms with Crippen LogP contribution in [0.25, 0.3) is 0 Å². The predicted octanol–water partition coefficient (Wildman–Crippen LogP) is 3.27. The maximum Gasteiger partial charge on any atom is 0.227 e. The van der Waals surface area contributed by atoms with Crippen molar-refractivity contribution in [1.29, 1.82) is 0 Å². The molecule has 2 amide bonds. The number of carbonyl (C=O) groups excluding carboxylic acids is 2. The molecule has 0 saturated carbocycles. The molecule has 1 atom stereocenters. The van der Waals surface area contributed by atoms with Crippen molar-refractivity contribution in [1.82, 2.24) is 20.5 Å². The van der Waals surface area contributed by atoms with Crippen LogP contribution in [0.3, 0.4) is 0 Å². The molecule has 1 aliphatic heterocycles. The van der Waals surface area contributed by atoms with Gasteiger partial charge in [0.2, 0.25) is 11.8 Å². The van der Waals surface area contributed by atoms with Crippen molar-refractivity contribution in [2.75, 3.05) is 35.2 Å². The molecule has 0 unspecified atom stereocenters. The summed E-state index contributed by atoms with van der Waals surface area (Å²) in [7, 11) is 0. The Bertz CT molecular complexity index is 1140. The van der Waals surface area contributed by atoms with E-state index in [1.165, 1.54) is 0 Å². The Balaban J connectivity index is 1.20. The summed E-state index contributed by atoms with van der Waals surface area (Å²) in [6.07, 6.45) is 1.94. The fraction of sp³-hybridized carbons (Fsp3) is 0.261. The number of aromatic nitrogens is 3. The SMILES string of the molecule is Cc1ccnc(Nc2ccc(NCCNC(=O)[C@H]3CC(=O)N(c4cccc(Br)c4)C3)nn2)c1. The molecule has 1 fully saturated rings. The van der Waals surface area contributed by atoms with E-state index in [4.69, 9.17) is 0 Å². The number of hydrogen-bond donors (Lipinski definition) is 3. The first-order valence-corrected chi connectivity index (χ1v) is 11.4. The molecule has 9 nitrogen and oxygen atoms in total. The van der Waals surface area contributed by atoms with Crippen molar-refractivity contribution in [3.63, 3.8) is 0 Å². The summed E-state index contributed by atoms with van der Waals surface area (Å²) < 4.78 is 0.894. The molecular weight excluding hydrogens is 486 g/mol. The van der Waals surface area contributed by atoms with Gasteiger partial charge in [-0.1, -0.05) is 22.0 Å². The van der Waals surface area contributed by atoms with Crippen LogP contribution in [0.15, 0.2) is 59.2 Å². The molecule has 4 rings (SSSR count). The second-order valence-electron chi connectivity index (χ2n) is 7.75. The molecular formula is C23H24BrN7O2. The van der Waals surface area contributed by atoms with Crippen molar-refractivity contribution in [2.45, 2.75) is 13.3 Å². The van der Waals surface area contributed by atoms with E-state index in [0.29, 0.717) is 37.1 Å². The average Bonchev–Trinajstić information content (AvgIpc) is 3.19. The summed E-state index contributed by atoms with van der Waals surface area (Å²) >= 11 is 3.42. The number of aryl methyl sites for hydroxylation is 1. The zero-order valence-electron chi connectivity index (χ0n) is 18.1. The highest BCUT2D eigenvalue weighted by Crippen LogP contribution is 2.27. The molecule has 33 heavy (non-hydrogen) atoms. The average molecular weight is 510 g/mol. The molecule has 0 spiro atoms. The maximum absolute atomic E-state index is 12.5. The van der Waals surface area contributed by atoms with Gasteiger partial charge in [-0.2, -0.15) is 0 Å². The van der Waals surface area contributed by atoms with Gasteiger partial charge in [0.1, 0.15) is 11.6 Å². The van der Waals surface area contributed by atoms with Gasteiger partial charge in [0.05, 0.1) is 5.92 Å². The third-order valence-electron chi connectivity index (χ3n) is 5.18. The summed E-state index contributed by atoms with van der Waals surface area (Å²) in [6.45, 7) is 3.27. The van der Waals surface area contributed by atoms with E-state index < -0.39 is 0 Å². The molecule has 0 aliphatic carbocycles. The van der Waals surface area contributed by atoms with Crippen molar-refractivity contribution in [3.8, 4) is 0 Å². The van der Waals surface area contributed by atoms with Crippen molar-refractivity contribution < 1.29 is 9.59 Å². The highest BCUT2D eigenvalue weighted by Gasteiger charge is 2.34. The first-order valence-electron chi connectivity index (χ1n) is 10.6. The van der Waals surface area contributed by atoms with Gasteiger partial charge < -0.3 is 20.9 Å². The Hall–Kier alpha value is -3.53. The van der Waals surface area contributed by atoms with Crippen LogP contribution in [0.1, 0.15) is 12.0 Å². The van der Waals surface area contributed by atoms with E-state index in [9.17, 15) is 9.59 Å². The van der Waals surface area contributed by atoms with Gasteiger partial charge >= 0.3 is 0 Å². The van der Waals surface area contributed by atoms with Crippen LogP contribution in [0, 0.1) is 12.8 Å². The molecule has 3 heterocycles. The number of pyridine rings is 1. The number of nitrogens with zero attached hydrogens (tertiary/aromatic N) is 4. The first kappa shape index (κ1) is 22.7. The quantitative estimate of drug-likeness (QED) is 0.399. The summed E-state index contributed by atoms with van der Waals surface area (Å²) in [5.41, 5.74) is 1.89. The van der Waals surface area contributed by atoms with Crippen LogP contribution in [0.4, 0.5) is 23.1 Å². The Morgan fingerprint density at radius 2 is 1.91 bits per heavy atom. The highest BCUT2D eigenvalue weighted by molar-refractivity contribution is 9.10. The molecule has 10 heteroatoms. The van der Waals surface area contributed by atoms with E-state index >= 15 is 0 Å². The number of hydrogen-bond acceptors (Lipinski definition) is 7. The molecule has 1 saturated heterocycles. The van der Waals surface area contributed by atoms with Crippen LogP contribution in [-0.4, -0.2) is 46.6 Å². The maximum atomic E-state index is 12.5. The monoisotopic (exact) mass is 509 g/mol. The lowest BCUT2D eigenvalue weighted by molar-refractivity contribution is -0.126. The summed E-state index contributed by atoms with van der Waals surface area (Å²) in [6, 6.07) is 15.0. The van der Waals surface area contributed by atoms with E-state index in [0.717, 1.165) is 15.7 Å². The molecule has 2 aromatic heterocycles. The number of nitrogens with one attached hydrogen (secondary N) is 3. The molecule has 3 N–H and O–H groups in total. The van der Waals surface area contributed by atoms with E-state index in [1.807, 2.05) is 43.3 Å². The van der Waals surface area contributed by atoms with Crippen molar-refractivity contribution in [3.05, 3.63) is 64.8 Å². The van der Waals surface area contributed by atoms with Gasteiger partial charge in [-0.05, 0) is 55.0 Å².